The fraction of sp³-hybridized carbons (Fsp3) is 0.467. The Hall–Kier alpha value is -3.18. The number of hydrogen-bond donors (Lipinski definition) is 1. The van der Waals surface area contributed by atoms with Crippen LogP contribution in [0, 0.1) is 5.92 Å². The Balaban J connectivity index is 1.61. The molecule has 2 saturated heterocycles. The summed E-state index contributed by atoms with van der Waals surface area (Å²) in [5.41, 5.74) is 1.68. The summed E-state index contributed by atoms with van der Waals surface area (Å²) in [6, 6.07) is 3.38. The number of hydrogen-bond acceptors (Lipinski definition) is 10. The van der Waals surface area contributed by atoms with E-state index in [0.29, 0.717) is 82.8 Å². The number of benzene rings is 1. The number of ketones is 1. The van der Waals surface area contributed by atoms with Crippen LogP contribution in [-0.4, -0.2) is 79.5 Å². The maximum Gasteiger partial charge on any atom is 0.223 e. The van der Waals surface area contributed by atoms with Gasteiger partial charge in [0.25, 0.3) is 0 Å². The summed E-state index contributed by atoms with van der Waals surface area (Å²) in [7, 11) is 3.07. The van der Waals surface area contributed by atoms with E-state index in [2.05, 4.69) is 21.8 Å². The van der Waals surface area contributed by atoms with Gasteiger partial charge < -0.3 is 29.2 Å². The van der Waals surface area contributed by atoms with Gasteiger partial charge in [-0.3, -0.25) is 4.79 Å². The van der Waals surface area contributed by atoms with Crippen LogP contribution in [0.1, 0.15) is 26.7 Å². The van der Waals surface area contributed by atoms with E-state index >= 15 is 0 Å². The molecule has 0 radical (unpaired) electrons. The minimum atomic E-state index is -0.124. The molecular weight excluding hydrogens is 581 g/mol. The van der Waals surface area contributed by atoms with Crippen LogP contribution in [0.15, 0.2) is 31.0 Å². The zero-order valence-electron chi connectivity index (χ0n) is 24.2. The number of nitrogens with zero attached hydrogens (tertiary/aromatic N) is 4. The van der Waals surface area contributed by atoms with Gasteiger partial charge in [0, 0.05) is 49.3 Å². The van der Waals surface area contributed by atoms with Crippen molar-refractivity contribution in [1.82, 2.24) is 15.0 Å². The highest BCUT2D eigenvalue weighted by Crippen LogP contribution is 2.46. The Labute approximate surface area is 255 Å². The molecule has 0 aliphatic carbocycles. The molecule has 5 rings (SSSR count). The molecule has 12 heteroatoms. The van der Waals surface area contributed by atoms with E-state index in [9.17, 15) is 4.79 Å². The third-order valence-electron chi connectivity index (χ3n) is 7.60. The summed E-state index contributed by atoms with van der Waals surface area (Å²) >= 11 is 13.6. The first kappa shape index (κ1) is 30.3. The van der Waals surface area contributed by atoms with Crippen LogP contribution in [0.4, 0.5) is 11.8 Å². The molecule has 0 amide bonds. The van der Waals surface area contributed by atoms with Crippen LogP contribution in [0.3, 0.4) is 0 Å². The summed E-state index contributed by atoms with van der Waals surface area (Å²) in [6.07, 6.45) is 4.24. The molecule has 224 valence electrons. The number of ether oxygens (including phenoxy) is 4. The van der Waals surface area contributed by atoms with E-state index in [1.165, 1.54) is 20.3 Å². The van der Waals surface area contributed by atoms with Crippen LogP contribution in [0.5, 0.6) is 11.5 Å². The largest absolute Gasteiger partial charge is 0.495 e. The molecule has 4 heterocycles. The molecule has 2 unspecified atom stereocenters. The molecule has 1 N–H and O–H groups in total. The van der Waals surface area contributed by atoms with Gasteiger partial charge in [0.05, 0.1) is 54.8 Å². The van der Waals surface area contributed by atoms with Gasteiger partial charge >= 0.3 is 0 Å². The molecule has 0 spiro atoms. The van der Waals surface area contributed by atoms with E-state index in [1.807, 2.05) is 19.9 Å². The second-order valence-electron chi connectivity index (χ2n) is 10.7. The molecule has 3 aromatic rings. The van der Waals surface area contributed by atoms with Gasteiger partial charge in [-0.2, -0.15) is 0 Å². The van der Waals surface area contributed by atoms with Crippen molar-refractivity contribution >= 4 is 51.7 Å². The minimum Gasteiger partial charge on any atom is -0.495 e. The van der Waals surface area contributed by atoms with Crippen LogP contribution >= 0.6 is 23.2 Å². The molecule has 2 aliphatic rings. The van der Waals surface area contributed by atoms with Crippen molar-refractivity contribution in [2.45, 2.75) is 44.9 Å². The van der Waals surface area contributed by atoms with Gasteiger partial charge in [0.2, 0.25) is 5.95 Å². The van der Waals surface area contributed by atoms with Gasteiger partial charge in [-0.25, -0.2) is 15.0 Å². The number of fused-ring (bicyclic) bond motifs is 1. The average Bonchev–Trinajstić information content (AvgIpc) is 2.97. The van der Waals surface area contributed by atoms with E-state index in [0.717, 1.165) is 11.8 Å². The number of carbonyl (C=O) groups is 1. The SMILES string of the molecule is C=CC(=O)C[C@H]1CCOC[C@H]1Nc1ncc2cc(-c3c(Cl)c(OC)cc(OC)c3Cl)nc(N3CC(C)OC(C)C3)c2n1. The molecule has 2 aliphatic heterocycles. The highest BCUT2D eigenvalue weighted by Gasteiger charge is 2.30. The zero-order valence-corrected chi connectivity index (χ0v) is 25.7. The lowest BCUT2D eigenvalue weighted by Gasteiger charge is -2.36. The number of anilines is 2. The Kier molecular flexibility index (Phi) is 9.37. The van der Waals surface area contributed by atoms with Crippen molar-refractivity contribution in [2.75, 3.05) is 50.7 Å². The Morgan fingerprint density at radius 2 is 1.83 bits per heavy atom. The maximum absolute atomic E-state index is 12.1. The quantitative estimate of drug-likeness (QED) is 0.306. The fourth-order valence-electron chi connectivity index (χ4n) is 5.60. The van der Waals surface area contributed by atoms with Crippen LogP contribution in [0.25, 0.3) is 22.2 Å². The van der Waals surface area contributed by atoms with Gasteiger partial charge in [-0.1, -0.05) is 29.8 Å². The smallest absolute Gasteiger partial charge is 0.223 e. The van der Waals surface area contributed by atoms with Crippen molar-refractivity contribution in [3.63, 3.8) is 0 Å². The third-order valence-corrected chi connectivity index (χ3v) is 8.35. The van der Waals surface area contributed by atoms with E-state index < -0.39 is 0 Å². The monoisotopic (exact) mass is 615 g/mol. The highest BCUT2D eigenvalue weighted by atomic mass is 35.5. The normalized spacial score (nSPS) is 22.6. The Morgan fingerprint density at radius 1 is 1.14 bits per heavy atom. The van der Waals surface area contributed by atoms with Crippen molar-refractivity contribution in [2.24, 2.45) is 5.92 Å². The first-order valence-electron chi connectivity index (χ1n) is 13.9. The Bertz CT molecular complexity index is 1450. The number of rotatable bonds is 9. The fourth-order valence-corrected chi connectivity index (χ4v) is 6.29. The first-order valence-corrected chi connectivity index (χ1v) is 14.7. The number of nitrogens with one attached hydrogen (secondary N) is 1. The second-order valence-corrected chi connectivity index (χ2v) is 11.4. The highest BCUT2D eigenvalue weighted by molar-refractivity contribution is 6.41. The number of aromatic nitrogens is 3. The molecular formula is C30H35Cl2N5O5. The summed E-state index contributed by atoms with van der Waals surface area (Å²) in [4.78, 5) is 28.9. The summed E-state index contributed by atoms with van der Waals surface area (Å²) < 4.78 is 22.7. The number of methoxy groups -OCH3 is 2. The van der Waals surface area contributed by atoms with E-state index in [1.54, 1.807) is 12.3 Å². The predicted octanol–water partition coefficient (Wildman–Crippen LogP) is 5.59. The van der Waals surface area contributed by atoms with Gasteiger partial charge in [-0.05, 0) is 38.3 Å². The van der Waals surface area contributed by atoms with Crippen molar-refractivity contribution in [3.05, 3.63) is 41.0 Å². The predicted molar refractivity (Wildman–Crippen MR) is 164 cm³/mol. The van der Waals surface area contributed by atoms with Gasteiger partial charge in [-0.15, -0.1) is 0 Å². The van der Waals surface area contributed by atoms with Crippen molar-refractivity contribution in [1.29, 1.82) is 0 Å². The standard InChI is InChI=1S/C30H35Cl2N5O5/c1-6-20(38)9-18-7-8-41-15-22(18)35-30-33-12-19-10-21(25-26(31)23(39-4)11-24(40-5)27(25)32)34-29(28(19)36-30)37-13-16(2)42-17(3)14-37/h6,10-12,16-18,22H,1,7-9,13-15H2,2-5H3,(H,33,35,36)/t16?,17?,18-,22-/m1/s1. The lowest BCUT2D eigenvalue weighted by Crippen LogP contribution is -2.46. The van der Waals surface area contributed by atoms with Crippen LogP contribution < -0.4 is 19.7 Å². The summed E-state index contributed by atoms with van der Waals surface area (Å²) in [5.74, 6) is 2.01. The zero-order chi connectivity index (χ0) is 30.0. The van der Waals surface area contributed by atoms with Crippen molar-refractivity contribution in [3.8, 4) is 22.8 Å². The van der Waals surface area contributed by atoms with Gasteiger partial charge in [0.15, 0.2) is 11.6 Å². The lowest BCUT2D eigenvalue weighted by molar-refractivity contribution is -0.116. The summed E-state index contributed by atoms with van der Waals surface area (Å²) in [6.45, 7) is 9.98. The Morgan fingerprint density at radius 3 is 2.48 bits per heavy atom. The third kappa shape index (κ3) is 6.27. The molecule has 0 saturated carbocycles. The lowest BCUT2D eigenvalue weighted by atomic mass is 9.90. The molecule has 42 heavy (non-hydrogen) atoms. The van der Waals surface area contributed by atoms with E-state index in [4.69, 9.17) is 52.1 Å². The maximum atomic E-state index is 12.1. The number of allylic oxidation sites excluding steroid dienone is 1. The number of halogens is 2. The summed E-state index contributed by atoms with van der Waals surface area (Å²) in [5, 5.41) is 4.81. The van der Waals surface area contributed by atoms with Crippen LogP contribution in [0.2, 0.25) is 10.0 Å². The average molecular weight is 617 g/mol. The number of carbonyl (C=O) groups excluding carboxylic acids is 1. The molecule has 10 nitrogen and oxygen atoms in total. The molecule has 1 aromatic carbocycles. The number of pyridine rings is 1. The molecule has 2 fully saturated rings. The second kappa shape index (κ2) is 13.0. The molecule has 4 atom stereocenters. The first-order chi connectivity index (χ1) is 20.2. The molecule has 0 bridgehead atoms. The van der Waals surface area contributed by atoms with Gasteiger partial charge in [0.1, 0.15) is 17.0 Å². The van der Waals surface area contributed by atoms with Crippen LogP contribution in [-0.2, 0) is 14.3 Å². The number of morpholine rings is 1. The molecule has 2 aromatic heterocycles. The van der Waals surface area contributed by atoms with E-state index in [-0.39, 0.29) is 30.0 Å². The van der Waals surface area contributed by atoms with Crippen molar-refractivity contribution < 1.29 is 23.7 Å². The minimum absolute atomic E-state index is 0.00852. The topological polar surface area (TPSA) is 108 Å².